The van der Waals surface area contributed by atoms with E-state index in [2.05, 4.69) is 5.32 Å². The fourth-order valence-electron chi connectivity index (χ4n) is 2.89. The minimum atomic E-state index is -1.77. The van der Waals surface area contributed by atoms with E-state index < -0.39 is 17.7 Å². The van der Waals surface area contributed by atoms with Crippen LogP contribution < -0.4 is 10.1 Å². The van der Waals surface area contributed by atoms with Gasteiger partial charge in [-0.15, -0.1) is 0 Å². The monoisotopic (exact) mass is 391 g/mol. The lowest BCUT2D eigenvalue weighted by atomic mass is 10.0. The van der Waals surface area contributed by atoms with Gasteiger partial charge in [0.05, 0.1) is 18.4 Å². The van der Waals surface area contributed by atoms with Crippen molar-refractivity contribution >= 4 is 17.6 Å². The molecule has 3 aromatic rings. The maximum atomic E-state index is 13.4. The number of hydrogen-bond acceptors (Lipinski definition) is 5. The molecule has 0 spiro atoms. The lowest BCUT2D eigenvalue weighted by molar-refractivity contribution is -0.185. The molecule has 0 bridgehead atoms. The predicted molar refractivity (Wildman–Crippen MR) is 109 cm³/mol. The van der Waals surface area contributed by atoms with Crippen LogP contribution in [0.15, 0.2) is 84.9 Å². The molecule has 0 aliphatic rings. The van der Waals surface area contributed by atoms with E-state index in [9.17, 15) is 9.59 Å². The second-order valence-electron chi connectivity index (χ2n) is 6.09. The van der Waals surface area contributed by atoms with Crippen molar-refractivity contribution in [2.24, 2.45) is 0 Å². The number of anilines is 1. The van der Waals surface area contributed by atoms with Crippen molar-refractivity contribution in [1.29, 1.82) is 0 Å². The molecule has 0 radical (unpaired) electrons. The van der Waals surface area contributed by atoms with Gasteiger partial charge in [-0.1, -0.05) is 60.7 Å². The highest BCUT2D eigenvalue weighted by atomic mass is 16.7. The number of ether oxygens (including phenoxy) is 3. The zero-order chi connectivity index (χ0) is 20.7. The Balaban J connectivity index is 2.03. The number of benzene rings is 3. The summed E-state index contributed by atoms with van der Waals surface area (Å²) in [6.07, 6.45) is 0. The number of carbonyl (C=O) groups excluding carboxylic acids is 2. The lowest BCUT2D eigenvalue weighted by Gasteiger charge is -2.32. The van der Waals surface area contributed by atoms with E-state index in [-0.39, 0.29) is 5.56 Å². The first kappa shape index (κ1) is 20.1. The Bertz CT molecular complexity index is 975. The topological polar surface area (TPSA) is 73.9 Å². The van der Waals surface area contributed by atoms with Crippen LogP contribution in [0.1, 0.15) is 15.9 Å². The van der Waals surface area contributed by atoms with Gasteiger partial charge < -0.3 is 19.5 Å². The molecule has 0 fully saturated rings. The Hall–Kier alpha value is -3.64. The molecule has 148 valence electrons. The van der Waals surface area contributed by atoms with Crippen LogP contribution in [0.2, 0.25) is 0 Å². The van der Waals surface area contributed by atoms with Gasteiger partial charge in [-0.25, -0.2) is 4.79 Å². The summed E-state index contributed by atoms with van der Waals surface area (Å²) in [5.74, 6) is -2.47. The molecular weight excluding hydrogens is 370 g/mol. The van der Waals surface area contributed by atoms with Crippen molar-refractivity contribution in [2.45, 2.75) is 5.79 Å². The zero-order valence-corrected chi connectivity index (χ0v) is 16.1. The fourth-order valence-corrected chi connectivity index (χ4v) is 2.89. The van der Waals surface area contributed by atoms with Crippen LogP contribution in [0.4, 0.5) is 5.69 Å². The first-order valence-electron chi connectivity index (χ1n) is 8.94. The highest BCUT2D eigenvalue weighted by Gasteiger charge is 2.44. The van der Waals surface area contributed by atoms with Crippen LogP contribution in [0.5, 0.6) is 5.75 Å². The van der Waals surface area contributed by atoms with Gasteiger partial charge in [0.25, 0.3) is 0 Å². The van der Waals surface area contributed by atoms with Crippen LogP contribution in [0.3, 0.4) is 0 Å². The second kappa shape index (κ2) is 9.03. The van der Waals surface area contributed by atoms with Gasteiger partial charge >= 0.3 is 17.7 Å². The molecule has 6 heteroatoms. The van der Waals surface area contributed by atoms with Crippen LogP contribution in [0, 0.1) is 0 Å². The number of nitrogens with one attached hydrogen (secondary N) is 1. The largest absolute Gasteiger partial charge is 0.465 e. The lowest BCUT2D eigenvalue weighted by Crippen LogP contribution is -2.47. The minimum absolute atomic E-state index is 0.223. The van der Waals surface area contributed by atoms with Crippen LogP contribution in [0.25, 0.3) is 0 Å². The van der Waals surface area contributed by atoms with Gasteiger partial charge in [-0.3, -0.25) is 4.79 Å². The summed E-state index contributed by atoms with van der Waals surface area (Å²) in [6.45, 7) is 0. The second-order valence-corrected chi connectivity index (χ2v) is 6.09. The predicted octanol–water partition coefficient (Wildman–Crippen LogP) is 3.99. The summed E-state index contributed by atoms with van der Waals surface area (Å²) in [6, 6.07) is 24.3. The minimum Gasteiger partial charge on any atom is -0.465 e. The number of para-hydroxylation sites is 2. The smallest absolute Gasteiger partial charge is 0.339 e. The molecule has 0 saturated carbocycles. The van der Waals surface area contributed by atoms with Gasteiger partial charge in [0.15, 0.2) is 0 Å². The summed E-state index contributed by atoms with van der Waals surface area (Å²) in [7, 11) is 2.67. The third-order valence-corrected chi connectivity index (χ3v) is 4.33. The standard InChI is InChI=1S/C23H21NO5/c1-27-21(25)19-15-9-10-16-20(19)24-22(26)23(28-2,17-11-5-3-6-12-17)29-18-13-7-4-8-14-18/h3-16H,1-2H3,(H,24,26). The molecule has 6 nitrogen and oxygen atoms in total. The maximum absolute atomic E-state index is 13.4. The van der Waals surface area contributed by atoms with E-state index in [1.165, 1.54) is 14.2 Å². The van der Waals surface area contributed by atoms with Gasteiger partial charge in [0, 0.05) is 12.7 Å². The van der Waals surface area contributed by atoms with Crippen molar-refractivity contribution < 1.29 is 23.8 Å². The molecule has 3 rings (SSSR count). The third kappa shape index (κ3) is 4.28. The quantitative estimate of drug-likeness (QED) is 0.487. The first-order chi connectivity index (χ1) is 14.1. The number of esters is 1. The molecule has 1 unspecified atom stereocenters. The highest BCUT2D eigenvalue weighted by molar-refractivity contribution is 6.03. The van der Waals surface area contributed by atoms with Crippen molar-refractivity contribution in [1.82, 2.24) is 0 Å². The maximum Gasteiger partial charge on any atom is 0.339 e. The summed E-state index contributed by atoms with van der Waals surface area (Å²) in [5.41, 5.74) is 1.01. The number of methoxy groups -OCH3 is 2. The average Bonchev–Trinajstić information content (AvgIpc) is 2.78. The van der Waals surface area contributed by atoms with Gasteiger partial charge in [-0.2, -0.15) is 0 Å². The van der Waals surface area contributed by atoms with Crippen molar-refractivity contribution in [3.8, 4) is 5.75 Å². The summed E-state index contributed by atoms with van der Waals surface area (Å²) >= 11 is 0. The molecule has 0 aliphatic carbocycles. The zero-order valence-electron chi connectivity index (χ0n) is 16.1. The Labute approximate surface area is 169 Å². The summed E-state index contributed by atoms with van der Waals surface area (Å²) in [4.78, 5) is 25.5. The molecule has 3 aromatic carbocycles. The number of rotatable bonds is 7. The molecule has 0 saturated heterocycles. The number of hydrogen-bond donors (Lipinski definition) is 1. The molecule has 1 atom stereocenters. The summed E-state index contributed by atoms with van der Waals surface area (Å²) < 4.78 is 16.5. The number of carbonyl (C=O) groups is 2. The number of amides is 1. The normalized spacial score (nSPS) is 12.5. The van der Waals surface area contributed by atoms with Crippen molar-refractivity contribution in [2.75, 3.05) is 19.5 Å². The van der Waals surface area contributed by atoms with E-state index in [1.807, 2.05) is 12.1 Å². The van der Waals surface area contributed by atoms with E-state index in [0.717, 1.165) is 0 Å². The molecule has 29 heavy (non-hydrogen) atoms. The van der Waals surface area contributed by atoms with Crippen LogP contribution in [-0.2, 0) is 20.1 Å². The molecule has 1 amide bonds. The van der Waals surface area contributed by atoms with Crippen molar-refractivity contribution in [3.05, 3.63) is 96.1 Å². The van der Waals surface area contributed by atoms with Crippen LogP contribution >= 0.6 is 0 Å². The Morgan fingerprint density at radius 1 is 0.793 bits per heavy atom. The van der Waals surface area contributed by atoms with Gasteiger partial charge in [0.1, 0.15) is 5.75 Å². The Kier molecular flexibility index (Phi) is 6.26. The van der Waals surface area contributed by atoms with Gasteiger partial charge in [0.2, 0.25) is 0 Å². The van der Waals surface area contributed by atoms with Crippen molar-refractivity contribution in [3.63, 3.8) is 0 Å². The van der Waals surface area contributed by atoms with E-state index >= 15 is 0 Å². The van der Waals surface area contributed by atoms with Crippen LogP contribution in [-0.4, -0.2) is 26.1 Å². The average molecular weight is 391 g/mol. The third-order valence-electron chi connectivity index (χ3n) is 4.33. The first-order valence-corrected chi connectivity index (χ1v) is 8.94. The molecule has 0 aliphatic heterocycles. The molecular formula is C23H21NO5. The molecule has 1 N–H and O–H groups in total. The fraction of sp³-hybridized carbons (Fsp3) is 0.130. The molecule has 0 heterocycles. The van der Waals surface area contributed by atoms with E-state index in [0.29, 0.717) is 17.0 Å². The SMILES string of the molecule is COC(=O)c1ccccc1NC(=O)C(OC)(Oc1ccccc1)c1ccccc1. The van der Waals surface area contributed by atoms with Gasteiger partial charge in [-0.05, 0) is 24.3 Å². The Morgan fingerprint density at radius 3 is 2.00 bits per heavy atom. The highest BCUT2D eigenvalue weighted by Crippen LogP contribution is 2.31. The van der Waals surface area contributed by atoms with E-state index in [4.69, 9.17) is 14.2 Å². The van der Waals surface area contributed by atoms with E-state index in [1.54, 1.807) is 72.8 Å². The Morgan fingerprint density at radius 2 is 1.38 bits per heavy atom. The summed E-state index contributed by atoms with van der Waals surface area (Å²) in [5, 5.41) is 2.75. The molecule has 0 aromatic heterocycles.